The molecule has 1 aromatic heterocycles. The molecule has 1 aliphatic heterocycles. The first kappa shape index (κ1) is 20.7. The summed E-state index contributed by atoms with van der Waals surface area (Å²) in [5.74, 6) is 2.41. The molecule has 0 unspecified atom stereocenters. The number of piperazine rings is 1. The van der Waals surface area contributed by atoms with E-state index < -0.39 is 0 Å². The number of amides is 1. The van der Waals surface area contributed by atoms with Crippen LogP contribution in [0.2, 0.25) is 0 Å². The zero-order valence-electron chi connectivity index (χ0n) is 17.7. The lowest BCUT2D eigenvalue weighted by Crippen LogP contribution is -2.49. The van der Waals surface area contributed by atoms with Crippen LogP contribution >= 0.6 is 0 Å². The predicted octanol–water partition coefficient (Wildman–Crippen LogP) is 3.45. The van der Waals surface area contributed by atoms with E-state index in [1.54, 1.807) is 0 Å². The Labute approximate surface area is 182 Å². The molecule has 0 aliphatic carbocycles. The first-order chi connectivity index (χ1) is 15.2. The van der Waals surface area contributed by atoms with Crippen LogP contribution in [-0.4, -0.2) is 53.8 Å². The standard InChI is InChI=1S/C24H27N5O2/c1-2-31-21-10-8-20(9-11-21)24(30)29-16-14-28(15-17-29)23-13-12-22(26-27-23)25-18-19-6-4-3-5-7-19/h3-13H,2,14-18H2,1H3,(H,25,26). The average Bonchev–Trinajstić information content (AvgIpc) is 2.84. The molecule has 1 aliphatic rings. The van der Waals surface area contributed by atoms with Crippen molar-refractivity contribution in [1.29, 1.82) is 0 Å². The molecule has 1 N–H and O–H groups in total. The quantitative estimate of drug-likeness (QED) is 0.635. The van der Waals surface area contributed by atoms with Crippen molar-refractivity contribution in [3.8, 4) is 5.75 Å². The lowest BCUT2D eigenvalue weighted by Gasteiger charge is -2.35. The third kappa shape index (κ3) is 5.31. The molecule has 31 heavy (non-hydrogen) atoms. The fourth-order valence-corrected chi connectivity index (χ4v) is 3.56. The van der Waals surface area contributed by atoms with Gasteiger partial charge >= 0.3 is 0 Å². The second-order valence-corrected chi connectivity index (χ2v) is 7.35. The summed E-state index contributed by atoms with van der Waals surface area (Å²) < 4.78 is 5.45. The Bertz CT molecular complexity index is 969. The summed E-state index contributed by atoms with van der Waals surface area (Å²) in [6, 6.07) is 21.4. The van der Waals surface area contributed by atoms with Gasteiger partial charge in [0.15, 0.2) is 5.82 Å². The zero-order chi connectivity index (χ0) is 21.5. The molecule has 7 heteroatoms. The van der Waals surface area contributed by atoms with Crippen LogP contribution in [0, 0.1) is 0 Å². The van der Waals surface area contributed by atoms with Gasteiger partial charge in [-0.15, -0.1) is 10.2 Å². The minimum atomic E-state index is 0.0502. The second-order valence-electron chi connectivity index (χ2n) is 7.35. The van der Waals surface area contributed by atoms with Gasteiger partial charge in [0.25, 0.3) is 5.91 Å². The number of hydrogen-bond acceptors (Lipinski definition) is 6. The maximum atomic E-state index is 12.8. The van der Waals surface area contributed by atoms with Crippen molar-refractivity contribution in [3.05, 3.63) is 77.9 Å². The molecule has 2 heterocycles. The van der Waals surface area contributed by atoms with Gasteiger partial charge in [0.05, 0.1) is 6.61 Å². The Hall–Kier alpha value is -3.61. The number of anilines is 2. The van der Waals surface area contributed by atoms with Gasteiger partial charge in [-0.3, -0.25) is 4.79 Å². The van der Waals surface area contributed by atoms with Crippen molar-refractivity contribution in [2.24, 2.45) is 0 Å². The summed E-state index contributed by atoms with van der Waals surface area (Å²) in [6.07, 6.45) is 0. The lowest BCUT2D eigenvalue weighted by atomic mass is 10.1. The summed E-state index contributed by atoms with van der Waals surface area (Å²) in [5.41, 5.74) is 1.88. The van der Waals surface area contributed by atoms with E-state index in [0.717, 1.165) is 30.5 Å². The third-order valence-corrected chi connectivity index (χ3v) is 5.27. The van der Waals surface area contributed by atoms with Crippen LogP contribution in [0.1, 0.15) is 22.8 Å². The molecule has 2 aromatic carbocycles. The SMILES string of the molecule is CCOc1ccc(C(=O)N2CCN(c3ccc(NCc4ccccc4)nn3)CC2)cc1. The Morgan fingerprint density at radius 2 is 1.68 bits per heavy atom. The summed E-state index contributed by atoms with van der Waals surface area (Å²) in [4.78, 5) is 16.8. The maximum Gasteiger partial charge on any atom is 0.253 e. The fraction of sp³-hybridized carbons (Fsp3) is 0.292. The van der Waals surface area contributed by atoms with Gasteiger partial charge in [0.1, 0.15) is 11.6 Å². The first-order valence-electron chi connectivity index (χ1n) is 10.6. The minimum Gasteiger partial charge on any atom is -0.494 e. The predicted molar refractivity (Wildman–Crippen MR) is 122 cm³/mol. The highest BCUT2D eigenvalue weighted by atomic mass is 16.5. The Morgan fingerprint density at radius 3 is 2.32 bits per heavy atom. The first-order valence-corrected chi connectivity index (χ1v) is 10.6. The maximum absolute atomic E-state index is 12.8. The van der Waals surface area contributed by atoms with Crippen LogP contribution in [0.5, 0.6) is 5.75 Å². The summed E-state index contributed by atoms with van der Waals surface area (Å²) in [5, 5.41) is 12.0. The van der Waals surface area contributed by atoms with E-state index in [1.165, 1.54) is 5.56 Å². The van der Waals surface area contributed by atoms with Gasteiger partial charge in [0.2, 0.25) is 0 Å². The molecule has 0 saturated carbocycles. The van der Waals surface area contributed by atoms with Gasteiger partial charge in [-0.25, -0.2) is 0 Å². The van der Waals surface area contributed by atoms with Crippen molar-refractivity contribution < 1.29 is 9.53 Å². The monoisotopic (exact) mass is 417 g/mol. The molecule has 0 atom stereocenters. The van der Waals surface area contributed by atoms with Crippen molar-refractivity contribution >= 4 is 17.5 Å². The highest BCUT2D eigenvalue weighted by molar-refractivity contribution is 5.94. The summed E-state index contributed by atoms with van der Waals surface area (Å²) >= 11 is 0. The van der Waals surface area contributed by atoms with Crippen LogP contribution < -0.4 is 15.0 Å². The molecule has 0 radical (unpaired) electrons. The van der Waals surface area contributed by atoms with Gasteiger partial charge in [0, 0.05) is 38.3 Å². The number of carbonyl (C=O) groups is 1. The van der Waals surface area contributed by atoms with E-state index in [-0.39, 0.29) is 5.91 Å². The van der Waals surface area contributed by atoms with Crippen LogP contribution in [-0.2, 0) is 6.54 Å². The number of aromatic nitrogens is 2. The van der Waals surface area contributed by atoms with E-state index >= 15 is 0 Å². The largest absolute Gasteiger partial charge is 0.494 e. The van der Waals surface area contributed by atoms with E-state index in [2.05, 4.69) is 32.5 Å². The van der Waals surface area contributed by atoms with Gasteiger partial charge in [-0.05, 0) is 48.9 Å². The molecule has 1 amide bonds. The molecule has 1 saturated heterocycles. The lowest BCUT2D eigenvalue weighted by molar-refractivity contribution is 0.0746. The number of hydrogen-bond donors (Lipinski definition) is 1. The van der Waals surface area contributed by atoms with Gasteiger partial charge < -0.3 is 19.9 Å². The molecular formula is C24H27N5O2. The fourth-order valence-electron chi connectivity index (χ4n) is 3.56. The molecule has 7 nitrogen and oxygen atoms in total. The number of nitrogens with one attached hydrogen (secondary N) is 1. The molecular weight excluding hydrogens is 390 g/mol. The second kappa shape index (κ2) is 9.93. The zero-order valence-corrected chi connectivity index (χ0v) is 17.7. The number of rotatable bonds is 7. The Kier molecular flexibility index (Phi) is 6.62. The van der Waals surface area contributed by atoms with E-state index in [1.807, 2.05) is 66.4 Å². The molecule has 1 fully saturated rings. The molecule has 4 rings (SSSR count). The summed E-state index contributed by atoms with van der Waals surface area (Å²) in [7, 11) is 0. The number of nitrogens with zero attached hydrogens (tertiary/aromatic N) is 4. The Balaban J connectivity index is 1.28. The smallest absolute Gasteiger partial charge is 0.253 e. The minimum absolute atomic E-state index is 0.0502. The normalized spacial score (nSPS) is 13.7. The number of ether oxygens (including phenoxy) is 1. The topological polar surface area (TPSA) is 70.6 Å². The van der Waals surface area contributed by atoms with Crippen LogP contribution in [0.3, 0.4) is 0 Å². The highest BCUT2D eigenvalue weighted by Crippen LogP contribution is 2.18. The Morgan fingerprint density at radius 1 is 0.935 bits per heavy atom. The third-order valence-electron chi connectivity index (χ3n) is 5.27. The van der Waals surface area contributed by atoms with Crippen molar-refractivity contribution in [1.82, 2.24) is 15.1 Å². The molecule has 0 spiro atoms. The molecule has 160 valence electrons. The van der Waals surface area contributed by atoms with Crippen molar-refractivity contribution in [2.75, 3.05) is 43.0 Å². The number of carbonyl (C=O) groups excluding carboxylic acids is 1. The van der Waals surface area contributed by atoms with Crippen LogP contribution in [0.4, 0.5) is 11.6 Å². The van der Waals surface area contributed by atoms with Gasteiger partial charge in [-0.2, -0.15) is 0 Å². The van der Waals surface area contributed by atoms with Crippen molar-refractivity contribution in [3.63, 3.8) is 0 Å². The highest BCUT2D eigenvalue weighted by Gasteiger charge is 2.23. The van der Waals surface area contributed by atoms with E-state index in [0.29, 0.717) is 31.8 Å². The molecule has 3 aromatic rings. The van der Waals surface area contributed by atoms with E-state index in [4.69, 9.17) is 4.74 Å². The molecule has 0 bridgehead atoms. The van der Waals surface area contributed by atoms with Crippen LogP contribution in [0.15, 0.2) is 66.7 Å². The van der Waals surface area contributed by atoms with E-state index in [9.17, 15) is 4.79 Å². The average molecular weight is 418 g/mol. The van der Waals surface area contributed by atoms with Crippen molar-refractivity contribution in [2.45, 2.75) is 13.5 Å². The number of benzene rings is 2. The van der Waals surface area contributed by atoms with Crippen LogP contribution in [0.25, 0.3) is 0 Å². The summed E-state index contributed by atoms with van der Waals surface area (Å²) in [6.45, 7) is 6.03. The van der Waals surface area contributed by atoms with Gasteiger partial charge in [-0.1, -0.05) is 30.3 Å².